The van der Waals surface area contributed by atoms with Crippen LogP contribution in [0.25, 0.3) is 33.7 Å². The van der Waals surface area contributed by atoms with Crippen molar-refractivity contribution >= 4 is 11.2 Å². The van der Waals surface area contributed by atoms with Crippen LogP contribution in [-0.2, 0) is 0 Å². The third kappa shape index (κ3) is 2.96. The molecule has 0 amide bonds. The predicted octanol–water partition coefficient (Wildman–Crippen LogP) is 3.36. The maximum atomic E-state index is 13.7. The molecule has 7 nitrogen and oxygen atoms in total. The largest absolute Gasteiger partial charge is 0.503 e. The lowest BCUT2D eigenvalue weighted by Gasteiger charge is -2.12. The van der Waals surface area contributed by atoms with Gasteiger partial charge in [0, 0.05) is 0 Å². The molecule has 0 aliphatic rings. The number of hydrogen-bond acceptors (Lipinski definition) is 5. The molecule has 0 spiro atoms. The van der Waals surface area contributed by atoms with Gasteiger partial charge in [-0.1, -0.05) is 6.07 Å². The number of imidazole rings is 1. The van der Waals surface area contributed by atoms with E-state index < -0.39 is 22.9 Å². The van der Waals surface area contributed by atoms with Gasteiger partial charge in [0.1, 0.15) is 11.6 Å². The number of hydrogen-bond donors (Lipinski definition) is 3. The van der Waals surface area contributed by atoms with Gasteiger partial charge in [-0.2, -0.15) is 0 Å². The number of phenols is 1. The molecule has 0 bridgehead atoms. The summed E-state index contributed by atoms with van der Waals surface area (Å²) in [7, 11) is 0. The molecule has 2 aromatic carbocycles. The number of phenolic OH excluding ortho intramolecular Hbond substituents is 1. The SMILES string of the molecule is CCOc1cc(-c2cc(F)c(O)c(F)c2)ccc1-c1nc2[nH]cnc2c(=O)[nH]1. The molecule has 0 saturated carbocycles. The maximum Gasteiger partial charge on any atom is 0.279 e. The molecule has 2 aromatic heterocycles. The summed E-state index contributed by atoms with van der Waals surface area (Å²) in [6, 6.07) is 6.88. The highest BCUT2D eigenvalue weighted by Crippen LogP contribution is 2.34. The average molecular weight is 384 g/mol. The third-order valence-electron chi connectivity index (χ3n) is 4.18. The van der Waals surface area contributed by atoms with Crippen molar-refractivity contribution in [2.45, 2.75) is 6.92 Å². The molecule has 0 radical (unpaired) electrons. The standard InChI is InChI=1S/C19H14F2N4O3/c1-2-28-14-7-9(10-5-12(20)16(26)13(21)6-10)3-4-11(14)17-24-18-15(19(27)25-17)22-8-23-18/h3-8,26H,2H2,1H3,(H2,22,23,24,25,27). The number of fused-ring (bicyclic) bond motifs is 1. The van der Waals surface area contributed by atoms with Crippen molar-refractivity contribution in [1.82, 2.24) is 19.9 Å². The number of aromatic amines is 2. The summed E-state index contributed by atoms with van der Waals surface area (Å²) in [5.74, 6) is -2.52. The lowest BCUT2D eigenvalue weighted by molar-refractivity contribution is 0.341. The van der Waals surface area contributed by atoms with Crippen LogP contribution >= 0.6 is 0 Å². The molecule has 3 N–H and O–H groups in total. The Hall–Kier alpha value is -3.75. The van der Waals surface area contributed by atoms with Crippen LogP contribution in [0.5, 0.6) is 11.5 Å². The van der Waals surface area contributed by atoms with E-state index >= 15 is 0 Å². The zero-order valence-corrected chi connectivity index (χ0v) is 14.6. The van der Waals surface area contributed by atoms with Crippen molar-refractivity contribution in [3.63, 3.8) is 0 Å². The summed E-state index contributed by atoms with van der Waals surface area (Å²) >= 11 is 0. The predicted molar refractivity (Wildman–Crippen MR) is 98.1 cm³/mol. The van der Waals surface area contributed by atoms with Gasteiger partial charge in [0.05, 0.1) is 18.5 Å². The number of ether oxygens (including phenoxy) is 1. The molecule has 0 aliphatic heterocycles. The Morgan fingerprint density at radius 3 is 2.61 bits per heavy atom. The minimum Gasteiger partial charge on any atom is -0.503 e. The second-order valence-electron chi connectivity index (χ2n) is 5.95. The minimum absolute atomic E-state index is 0.188. The molecule has 28 heavy (non-hydrogen) atoms. The monoisotopic (exact) mass is 384 g/mol. The van der Waals surface area contributed by atoms with E-state index in [1.807, 2.05) is 0 Å². The summed E-state index contributed by atoms with van der Waals surface area (Å²) in [6.07, 6.45) is 1.37. The third-order valence-corrected chi connectivity index (χ3v) is 4.18. The van der Waals surface area contributed by atoms with Crippen LogP contribution in [0.15, 0.2) is 41.5 Å². The summed E-state index contributed by atoms with van der Waals surface area (Å²) < 4.78 is 33.0. The summed E-state index contributed by atoms with van der Waals surface area (Å²) in [4.78, 5) is 25.9. The van der Waals surface area contributed by atoms with Crippen LogP contribution in [0.3, 0.4) is 0 Å². The van der Waals surface area contributed by atoms with Gasteiger partial charge >= 0.3 is 0 Å². The van der Waals surface area contributed by atoms with Crippen molar-refractivity contribution in [2.75, 3.05) is 6.61 Å². The van der Waals surface area contributed by atoms with Gasteiger partial charge < -0.3 is 19.8 Å². The smallest absolute Gasteiger partial charge is 0.279 e. The summed E-state index contributed by atoms with van der Waals surface area (Å²) in [5, 5.41) is 9.28. The van der Waals surface area contributed by atoms with Crippen molar-refractivity contribution < 1.29 is 18.6 Å². The van der Waals surface area contributed by atoms with Crippen LogP contribution in [-0.4, -0.2) is 31.6 Å². The molecule has 0 aliphatic carbocycles. The first-order valence-corrected chi connectivity index (χ1v) is 8.37. The van der Waals surface area contributed by atoms with Crippen LogP contribution in [0.1, 0.15) is 6.92 Å². The Kier molecular flexibility index (Phi) is 4.26. The van der Waals surface area contributed by atoms with Gasteiger partial charge in [-0.3, -0.25) is 4.79 Å². The number of nitrogens with zero attached hydrogens (tertiary/aromatic N) is 2. The highest BCUT2D eigenvalue weighted by atomic mass is 19.1. The topological polar surface area (TPSA) is 104 Å². The Bertz CT molecular complexity index is 1230. The molecule has 9 heteroatoms. The Morgan fingerprint density at radius 2 is 1.89 bits per heavy atom. The molecule has 0 atom stereocenters. The van der Waals surface area contributed by atoms with Crippen molar-refractivity contribution in [3.8, 4) is 34.0 Å². The van der Waals surface area contributed by atoms with E-state index in [0.29, 0.717) is 29.1 Å². The van der Waals surface area contributed by atoms with E-state index in [2.05, 4.69) is 19.9 Å². The van der Waals surface area contributed by atoms with Gasteiger partial charge in [-0.05, 0) is 42.3 Å². The number of aromatic hydroxyl groups is 1. The Morgan fingerprint density at radius 1 is 1.14 bits per heavy atom. The fraction of sp³-hybridized carbons (Fsp3) is 0.105. The van der Waals surface area contributed by atoms with Crippen molar-refractivity contribution in [2.24, 2.45) is 0 Å². The Balaban J connectivity index is 1.86. The normalized spacial score (nSPS) is 11.1. The van der Waals surface area contributed by atoms with E-state index in [9.17, 15) is 18.7 Å². The second-order valence-corrected chi connectivity index (χ2v) is 5.95. The lowest BCUT2D eigenvalue weighted by atomic mass is 10.0. The molecule has 0 fully saturated rings. The second kappa shape index (κ2) is 6.76. The molecule has 142 valence electrons. The number of nitrogens with one attached hydrogen (secondary N) is 2. The number of aromatic nitrogens is 4. The minimum atomic E-state index is -1.06. The van der Waals surface area contributed by atoms with Gasteiger partial charge in [0.15, 0.2) is 28.5 Å². The number of halogens is 2. The van der Waals surface area contributed by atoms with E-state index in [-0.39, 0.29) is 16.9 Å². The first-order valence-electron chi connectivity index (χ1n) is 8.37. The highest BCUT2D eigenvalue weighted by molar-refractivity contribution is 5.77. The van der Waals surface area contributed by atoms with E-state index in [4.69, 9.17) is 4.74 Å². The Labute approximate surface area is 156 Å². The van der Waals surface area contributed by atoms with Crippen molar-refractivity contribution in [1.29, 1.82) is 0 Å². The molecule has 0 unspecified atom stereocenters. The zero-order chi connectivity index (χ0) is 19.8. The zero-order valence-electron chi connectivity index (χ0n) is 14.6. The van der Waals surface area contributed by atoms with Crippen LogP contribution in [0.2, 0.25) is 0 Å². The van der Waals surface area contributed by atoms with Crippen molar-refractivity contribution in [3.05, 3.63) is 58.6 Å². The first-order chi connectivity index (χ1) is 13.5. The summed E-state index contributed by atoms with van der Waals surface area (Å²) in [5.41, 5.74) is 1.30. The average Bonchev–Trinajstić information content (AvgIpc) is 3.15. The van der Waals surface area contributed by atoms with E-state index in [1.165, 1.54) is 6.33 Å². The maximum absolute atomic E-state index is 13.7. The van der Waals surface area contributed by atoms with Gasteiger partial charge in [-0.15, -0.1) is 0 Å². The number of benzene rings is 2. The number of rotatable bonds is 4. The quantitative estimate of drug-likeness (QED) is 0.501. The van der Waals surface area contributed by atoms with E-state index in [0.717, 1.165) is 12.1 Å². The fourth-order valence-electron chi connectivity index (χ4n) is 2.88. The molecule has 4 rings (SSSR count). The summed E-state index contributed by atoms with van der Waals surface area (Å²) in [6.45, 7) is 2.11. The van der Waals surface area contributed by atoms with Gasteiger partial charge in [0.2, 0.25) is 0 Å². The van der Waals surface area contributed by atoms with Gasteiger partial charge in [-0.25, -0.2) is 18.7 Å². The molecular formula is C19H14F2N4O3. The molecule has 2 heterocycles. The molecular weight excluding hydrogens is 370 g/mol. The first kappa shape index (κ1) is 17.7. The molecule has 4 aromatic rings. The van der Waals surface area contributed by atoms with Crippen LogP contribution in [0.4, 0.5) is 8.78 Å². The lowest BCUT2D eigenvalue weighted by Crippen LogP contribution is -2.10. The highest BCUT2D eigenvalue weighted by Gasteiger charge is 2.16. The van der Waals surface area contributed by atoms with E-state index in [1.54, 1.807) is 25.1 Å². The number of H-pyrrole nitrogens is 2. The fourth-order valence-corrected chi connectivity index (χ4v) is 2.88. The van der Waals surface area contributed by atoms with Crippen LogP contribution < -0.4 is 10.3 Å². The van der Waals surface area contributed by atoms with Crippen LogP contribution in [0, 0.1) is 11.6 Å². The molecule has 0 saturated heterocycles. The van der Waals surface area contributed by atoms with Gasteiger partial charge in [0.25, 0.3) is 5.56 Å².